The number of hydrogen-bond acceptors (Lipinski definition) is 6. The minimum atomic E-state index is -4.30. The molecule has 1 aliphatic rings. The van der Waals surface area contributed by atoms with Crippen molar-refractivity contribution < 1.29 is 31.9 Å². The van der Waals surface area contributed by atoms with Crippen molar-refractivity contribution in [3.8, 4) is 11.5 Å². The summed E-state index contributed by atoms with van der Waals surface area (Å²) in [7, 11) is -4.30. The van der Waals surface area contributed by atoms with E-state index in [1.165, 1.54) is 47.4 Å². The van der Waals surface area contributed by atoms with Crippen LogP contribution in [-0.4, -0.2) is 57.0 Å². The normalized spacial score (nSPS) is 13.1. The summed E-state index contributed by atoms with van der Waals surface area (Å²) in [4.78, 5) is 29.5. The Labute approximate surface area is 268 Å². The number of nitrogens with one attached hydrogen (secondary N) is 1. The average Bonchev–Trinajstić information content (AvgIpc) is 3.06. The van der Waals surface area contributed by atoms with Crippen LogP contribution in [0.5, 0.6) is 11.5 Å². The number of halogens is 1. The lowest BCUT2D eigenvalue weighted by Crippen LogP contribution is -2.54. The number of hydrogen-bond donors (Lipinski definition) is 1. The Morgan fingerprint density at radius 3 is 2.15 bits per heavy atom. The number of ether oxygens (including phenoxy) is 2. The third-order valence-electron chi connectivity index (χ3n) is 7.42. The standard InChI is InChI=1S/C35H36FN3O6S/c1-25(2)37-35(41)31(21-26-11-5-3-6-12-26)38(23-27-13-9-10-16-30(27)36)34(40)24-39(46(42,43)29-14-7-4-8-15-29)28-17-18-32-33(22-28)45-20-19-44-32/h3-18,22,25,31H,19-21,23-24H2,1-2H3,(H,37,41). The van der Waals surface area contributed by atoms with Gasteiger partial charge in [0.1, 0.15) is 31.6 Å². The van der Waals surface area contributed by atoms with Crippen molar-refractivity contribution in [2.45, 2.75) is 43.8 Å². The predicted molar refractivity (Wildman–Crippen MR) is 173 cm³/mol. The molecule has 1 aliphatic heterocycles. The van der Waals surface area contributed by atoms with Crippen LogP contribution >= 0.6 is 0 Å². The number of carbonyl (C=O) groups is 2. The summed E-state index contributed by atoms with van der Waals surface area (Å²) >= 11 is 0. The van der Waals surface area contributed by atoms with Crippen molar-refractivity contribution >= 4 is 27.5 Å². The van der Waals surface area contributed by atoms with Crippen LogP contribution in [0.2, 0.25) is 0 Å². The van der Waals surface area contributed by atoms with Crippen LogP contribution in [0.3, 0.4) is 0 Å². The molecule has 4 aromatic carbocycles. The molecular formula is C35H36FN3O6S. The molecule has 0 aromatic heterocycles. The fourth-order valence-corrected chi connectivity index (χ4v) is 6.61. The monoisotopic (exact) mass is 645 g/mol. The van der Waals surface area contributed by atoms with Gasteiger partial charge in [-0.2, -0.15) is 0 Å². The van der Waals surface area contributed by atoms with E-state index >= 15 is 4.39 Å². The fourth-order valence-electron chi connectivity index (χ4n) is 5.18. The summed E-state index contributed by atoms with van der Waals surface area (Å²) in [5, 5.41) is 2.89. The van der Waals surface area contributed by atoms with Crippen LogP contribution in [0.4, 0.5) is 10.1 Å². The van der Waals surface area contributed by atoms with Crippen LogP contribution in [0, 0.1) is 5.82 Å². The van der Waals surface area contributed by atoms with Crippen molar-refractivity contribution in [3.63, 3.8) is 0 Å². The van der Waals surface area contributed by atoms with E-state index in [0.717, 1.165) is 9.87 Å². The van der Waals surface area contributed by atoms with Crippen LogP contribution in [-0.2, 0) is 32.6 Å². The van der Waals surface area contributed by atoms with Crippen molar-refractivity contribution in [2.24, 2.45) is 0 Å². The number of rotatable bonds is 12. The summed E-state index contributed by atoms with van der Waals surface area (Å²) < 4.78 is 55.7. The molecule has 0 saturated carbocycles. The molecule has 9 nitrogen and oxygen atoms in total. The summed E-state index contributed by atoms with van der Waals surface area (Å²) in [6, 6.07) is 26.2. The quantitative estimate of drug-likeness (QED) is 0.234. The van der Waals surface area contributed by atoms with E-state index in [2.05, 4.69) is 5.32 Å². The first-order valence-electron chi connectivity index (χ1n) is 15.0. The maximum absolute atomic E-state index is 15.0. The molecule has 1 heterocycles. The van der Waals surface area contributed by atoms with Gasteiger partial charge in [-0.05, 0) is 49.7 Å². The Kier molecular flexibility index (Phi) is 10.2. The number of sulfonamides is 1. The third kappa shape index (κ3) is 7.66. The van der Waals surface area contributed by atoms with Crippen LogP contribution in [0.25, 0.3) is 0 Å². The fraction of sp³-hybridized carbons (Fsp3) is 0.257. The maximum atomic E-state index is 15.0. The first-order valence-corrected chi connectivity index (χ1v) is 16.4. The Balaban J connectivity index is 1.59. The first kappa shape index (κ1) is 32.5. The maximum Gasteiger partial charge on any atom is 0.264 e. The Morgan fingerprint density at radius 1 is 0.848 bits per heavy atom. The van der Waals surface area contributed by atoms with Gasteiger partial charge in [0.2, 0.25) is 11.8 Å². The van der Waals surface area contributed by atoms with E-state index in [0.29, 0.717) is 18.1 Å². The Hall–Kier alpha value is -4.90. The number of nitrogens with zero attached hydrogens (tertiary/aromatic N) is 2. The number of anilines is 1. The lowest BCUT2D eigenvalue weighted by Gasteiger charge is -2.34. The van der Waals surface area contributed by atoms with Gasteiger partial charge in [-0.3, -0.25) is 13.9 Å². The van der Waals surface area contributed by atoms with E-state index in [9.17, 15) is 18.0 Å². The summed E-state index contributed by atoms with van der Waals surface area (Å²) in [6.45, 7) is 3.29. The van der Waals surface area contributed by atoms with Crippen molar-refractivity contribution in [1.29, 1.82) is 0 Å². The van der Waals surface area contributed by atoms with E-state index < -0.39 is 40.2 Å². The highest BCUT2D eigenvalue weighted by molar-refractivity contribution is 7.92. The van der Waals surface area contributed by atoms with Gasteiger partial charge in [-0.15, -0.1) is 0 Å². The van der Waals surface area contributed by atoms with Gasteiger partial charge in [0, 0.05) is 30.6 Å². The number of benzene rings is 4. The molecule has 1 N–H and O–H groups in total. The predicted octanol–water partition coefficient (Wildman–Crippen LogP) is 4.96. The molecule has 0 saturated heterocycles. The molecule has 1 atom stereocenters. The molecule has 11 heteroatoms. The number of carbonyl (C=O) groups excluding carboxylic acids is 2. The van der Waals surface area contributed by atoms with Gasteiger partial charge in [0.15, 0.2) is 11.5 Å². The Morgan fingerprint density at radius 2 is 1.48 bits per heavy atom. The van der Waals surface area contributed by atoms with Crippen molar-refractivity contribution in [3.05, 3.63) is 120 Å². The second kappa shape index (κ2) is 14.5. The average molecular weight is 646 g/mol. The zero-order valence-corrected chi connectivity index (χ0v) is 26.5. The van der Waals surface area contributed by atoms with Gasteiger partial charge in [0.25, 0.3) is 10.0 Å². The van der Waals surface area contributed by atoms with Crippen LogP contribution < -0.4 is 19.1 Å². The minimum absolute atomic E-state index is 0.0308. The van der Waals surface area contributed by atoms with Crippen LogP contribution in [0.15, 0.2) is 108 Å². The van der Waals surface area contributed by atoms with E-state index in [1.807, 2.05) is 30.3 Å². The lowest BCUT2D eigenvalue weighted by atomic mass is 10.0. The molecule has 0 bridgehead atoms. The van der Waals surface area contributed by atoms with Crippen molar-refractivity contribution in [1.82, 2.24) is 10.2 Å². The van der Waals surface area contributed by atoms with Crippen molar-refractivity contribution in [2.75, 3.05) is 24.1 Å². The first-order chi connectivity index (χ1) is 22.1. The molecule has 0 radical (unpaired) electrons. The van der Waals surface area contributed by atoms with Crippen LogP contribution in [0.1, 0.15) is 25.0 Å². The molecule has 240 valence electrons. The van der Waals surface area contributed by atoms with E-state index in [-0.39, 0.29) is 41.8 Å². The zero-order valence-electron chi connectivity index (χ0n) is 25.6. The smallest absolute Gasteiger partial charge is 0.264 e. The number of fused-ring (bicyclic) bond motifs is 1. The second-order valence-corrected chi connectivity index (χ2v) is 13.0. The highest BCUT2D eigenvalue weighted by atomic mass is 32.2. The molecule has 4 aromatic rings. The molecule has 1 unspecified atom stereocenters. The second-order valence-electron chi connectivity index (χ2n) is 11.1. The van der Waals surface area contributed by atoms with Gasteiger partial charge < -0.3 is 19.7 Å². The van der Waals surface area contributed by atoms with Gasteiger partial charge >= 0.3 is 0 Å². The highest BCUT2D eigenvalue weighted by Gasteiger charge is 2.35. The zero-order chi connectivity index (χ0) is 32.7. The van der Waals surface area contributed by atoms with E-state index in [4.69, 9.17) is 9.47 Å². The third-order valence-corrected chi connectivity index (χ3v) is 9.21. The minimum Gasteiger partial charge on any atom is -0.486 e. The molecule has 0 spiro atoms. The topological polar surface area (TPSA) is 105 Å². The lowest BCUT2D eigenvalue weighted by molar-refractivity contribution is -0.140. The van der Waals surface area contributed by atoms with E-state index in [1.54, 1.807) is 44.2 Å². The molecular weight excluding hydrogens is 609 g/mol. The molecule has 46 heavy (non-hydrogen) atoms. The van der Waals surface area contributed by atoms with Gasteiger partial charge in [-0.25, -0.2) is 12.8 Å². The number of amides is 2. The molecule has 2 amide bonds. The summed E-state index contributed by atoms with van der Waals surface area (Å²) in [5.41, 5.74) is 1.12. The SMILES string of the molecule is CC(C)NC(=O)C(Cc1ccccc1)N(Cc1ccccc1F)C(=O)CN(c1ccc2c(c1)OCCO2)S(=O)(=O)c1ccccc1. The van der Waals surface area contributed by atoms with Gasteiger partial charge in [-0.1, -0.05) is 66.7 Å². The summed E-state index contributed by atoms with van der Waals surface area (Å²) in [6.07, 6.45) is 0.120. The molecule has 0 aliphatic carbocycles. The Bertz CT molecular complexity index is 1770. The summed E-state index contributed by atoms with van der Waals surface area (Å²) in [5.74, 6) is -0.903. The molecule has 5 rings (SSSR count). The molecule has 0 fully saturated rings. The largest absolute Gasteiger partial charge is 0.486 e. The highest BCUT2D eigenvalue weighted by Crippen LogP contribution is 2.36. The van der Waals surface area contributed by atoms with Gasteiger partial charge in [0.05, 0.1) is 10.6 Å².